The van der Waals surface area contributed by atoms with Crippen molar-refractivity contribution < 1.29 is 9.53 Å². The summed E-state index contributed by atoms with van der Waals surface area (Å²) in [5, 5.41) is 3.36. The molecule has 1 aliphatic rings. The summed E-state index contributed by atoms with van der Waals surface area (Å²) in [4.78, 5) is 8.95. The molecule has 0 spiro atoms. The van der Waals surface area contributed by atoms with Gasteiger partial charge in [0.05, 0.1) is 7.11 Å². The van der Waals surface area contributed by atoms with Gasteiger partial charge in [-0.15, -0.1) is 0 Å². The number of anilines is 1. The maximum Gasteiger partial charge on any atom is 0.292 e. The zero-order valence-corrected chi connectivity index (χ0v) is 8.32. The van der Waals surface area contributed by atoms with Crippen LogP contribution in [0.2, 0.25) is 0 Å². The second-order valence-corrected chi connectivity index (χ2v) is 3.02. The van der Waals surface area contributed by atoms with Gasteiger partial charge in [-0.2, -0.15) is 0 Å². The minimum atomic E-state index is 0.375. The topological polar surface area (TPSA) is 38.3 Å². The van der Waals surface area contributed by atoms with E-state index in [1.807, 2.05) is 0 Å². The van der Waals surface area contributed by atoms with Crippen molar-refractivity contribution in [3.8, 4) is 0 Å². The Bertz CT molecular complexity index is 261. The highest BCUT2D eigenvalue weighted by Gasteiger charge is 2.04. The molecule has 3 heteroatoms. The maximum atomic E-state index is 8.95. The third kappa shape index (κ3) is 3.09. The largest absolute Gasteiger partial charge is 0.471 e. The molecule has 0 unspecified atom stereocenters. The van der Waals surface area contributed by atoms with Crippen LogP contribution in [-0.2, 0) is 16.0 Å². The highest BCUT2D eigenvalue weighted by Crippen LogP contribution is 2.19. The normalized spacial score (nSPS) is 12.6. The number of methoxy groups -OCH3 is 1. The van der Waals surface area contributed by atoms with Gasteiger partial charge in [-0.1, -0.05) is 18.2 Å². The third-order valence-corrected chi connectivity index (χ3v) is 2.05. The summed E-state index contributed by atoms with van der Waals surface area (Å²) < 4.78 is 3.86. The lowest BCUT2D eigenvalue weighted by Crippen LogP contribution is -2.10. The van der Waals surface area contributed by atoms with Gasteiger partial charge >= 0.3 is 0 Å². The van der Waals surface area contributed by atoms with Crippen LogP contribution in [-0.4, -0.2) is 20.1 Å². The van der Waals surface area contributed by atoms with Crippen molar-refractivity contribution in [1.29, 1.82) is 0 Å². The minimum Gasteiger partial charge on any atom is -0.471 e. The van der Waals surface area contributed by atoms with Gasteiger partial charge in [-0.05, 0) is 24.5 Å². The molecule has 0 radical (unpaired) electrons. The monoisotopic (exact) mass is 193 g/mol. The molecule has 0 aromatic heterocycles. The van der Waals surface area contributed by atoms with Crippen molar-refractivity contribution >= 4 is 12.2 Å². The van der Waals surface area contributed by atoms with Crippen LogP contribution in [0.4, 0.5) is 5.69 Å². The van der Waals surface area contributed by atoms with E-state index in [9.17, 15) is 0 Å². The zero-order chi connectivity index (χ0) is 10.2. The van der Waals surface area contributed by atoms with Gasteiger partial charge in [0.2, 0.25) is 0 Å². The first-order valence-corrected chi connectivity index (χ1v) is 4.66. The Labute approximate surface area is 84.1 Å². The maximum absolute atomic E-state index is 8.95. The number of hydrogen-bond donors (Lipinski definition) is 1. The van der Waals surface area contributed by atoms with Gasteiger partial charge in [0.25, 0.3) is 6.47 Å². The first kappa shape index (κ1) is 10.6. The lowest BCUT2D eigenvalue weighted by atomic mass is 10.0. The Hall–Kier alpha value is -1.51. The van der Waals surface area contributed by atoms with Crippen molar-refractivity contribution in [1.82, 2.24) is 0 Å². The Kier molecular flexibility index (Phi) is 4.55. The fourth-order valence-electron chi connectivity index (χ4n) is 1.41. The number of carbonyl (C=O) groups excluding carboxylic acids is 1. The zero-order valence-electron chi connectivity index (χ0n) is 8.32. The lowest BCUT2D eigenvalue weighted by molar-refractivity contribution is -0.126. The molecule has 1 aromatic carbocycles. The van der Waals surface area contributed by atoms with E-state index in [0.717, 1.165) is 6.54 Å². The molecule has 0 saturated carbocycles. The molecule has 0 saturated heterocycles. The van der Waals surface area contributed by atoms with Crippen molar-refractivity contribution in [3.05, 3.63) is 29.8 Å². The molecule has 1 heterocycles. The lowest BCUT2D eigenvalue weighted by Gasteiger charge is -2.16. The first-order valence-electron chi connectivity index (χ1n) is 4.66. The van der Waals surface area contributed by atoms with Crippen LogP contribution in [0.25, 0.3) is 0 Å². The van der Waals surface area contributed by atoms with E-state index in [2.05, 4.69) is 34.3 Å². The molecule has 0 atom stereocenters. The van der Waals surface area contributed by atoms with E-state index in [0.29, 0.717) is 6.47 Å². The Morgan fingerprint density at radius 1 is 1.43 bits per heavy atom. The first-order chi connectivity index (χ1) is 6.88. The fraction of sp³-hybridized carbons (Fsp3) is 0.364. The van der Waals surface area contributed by atoms with Crippen LogP contribution in [0.5, 0.6) is 0 Å². The molecule has 1 N–H and O–H groups in total. The van der Waals surface area contributed by atoms with Crippen LogP contribution in [0.1, 0.15) is 12.0 Å². The van der Waals surface area contributed by atoms with E-state index < -0.39 is 0 Å². The van der Waals surface area contributed by atoms with E-state index in [1.54, 1.807) is 0 Å². The summed E-state index contributed by atoms with van der Waals surface area (Å²) in [6, 6.07) is 8.53. The molecule has 0 bridgehead atoms. The Balaban J connectivity index is 0.000000213. The Morgan fingerprint density at radius 3 is 2.79 bits per heavy atom. The van der Waals surface area contributed by atoms with Crippen LogP contribution in [0, 0.1) is 0 Å². The number of fused-ring (bicyclic) bond motifs is 1. The molecule has 2 rings (SSSR count). The van der Waals surface area contributed by atoms with Gasteiger partial charge in [-0.3, -0.25) is 4.79 Å². The van der Waals surface area contributed by atoms with Crippen LogP contribution in [0.3, 0.4) is 0 Å². The fourth-order valence-corrected chi connectivity index (χ4v) is 1.41. The quantitative estimate of drug-likeness (QED) is 0.691. The smallest absolute Gasteiger partial charge is 0.292 e. The summed E-state index contributed by atoms with van der Waals surface area (Å²) in [7, 11) is 1.31. The summed E-state index contributed by atoms with van der Waals surface area (Å²) in [6.07, 6.45) is 2.51. The van der Waals surface area contributed by atoms with E-state index in [4.69, 9.17) is 4.79 Å². The summed E-state index contributed by atoms with van der Waals surface area (Å²) >= 11 is 0. The number of benzene rings is 1. The predicted molar refractivity (Wildman–Crippen MR) is 56.3 cm³/mol. The number of nitrogens with one attached hydrogen (secondary N) is 1. The van der Waals surface area contributed by atoms with Gasteiger partial charge < -0.3 is 10.1 Å². The second kappa shape index (κ2) is 6.02. The molecular weight excluding hydrogens is 178 g/mol. The molecule has 76 valence electrons. The predicted octanol–water partition coefficient (Wildman–Crippen LogP) is 1.83. The third-order valence-electron chi connectivity index (χ3n) is 2.05. The average molecular weight is 193 g/mol. The molecule has 0 aliphatic carbocycles. The van der Waals surface area contributed by atoms with Gasteiger partial charge in [0.15, 0.2) is 0 Å². The van der Waals surface area contributed by atoms with Crippen LogP contribution in [0.15, 0.2) is 24.3 Å². The standard InChI is InChI=1S/C9H11N.C2H4O2/c1-2-6-9-8(4-1)5-3-7-10-9;1-4-2-3/h1-2,4,6,10H,3,5,7H2;2H,1H3. The van der Waals surface area contributed by atoms with Crippen molar-refractivity contribution in [3.63, 3.8) is 0 Å². The number of aryl methyl sites for hydroxylation is 1. The highest BCUT2D eigenvalue weighted by atomic mass is 16.5. The second-order valence-electron chi connectivity index (χ2n) is 3.02. The molecule has 1 aliphatic heterocycles. The average Bonchev–Trinajstić information content (AvgIpc) is 2.30. The van der Waals surface area contributed by atoms with Crippen LogP contribution < -0.4 is 5.32 Å². The van der Waals surface area contributed by atoms with Gasteiger partial charge in [-0.25, -0.2) is 0 Å². The van der Waals surface area contributed by atoms with Crippen molar-refractivity contribution in [2.24, 2.45) is 0 Å². The SMILES string of the molecule is COC=O.c1ccc2c(c1)CCCN2. The minimum absolute atomic E-state index is 0.375. The van der Waals surface area contributed by atoms with E-state index in [-0.39, 0.29) is 0 Å². The van der Waals surface area contributed by atoms with Crippen LogP contribution >= 0.6 is 0 Å². The molecular formula is C11H15NO2. The number of para-hydroxylation sites is 1. The number of rotatable bonds is 1. The highest BCUT2D eigenvalue weighted by molar-refractivity contribution is 5.52. The van der Waals surface area contributed by atoms with E-state index >= 15 is 0 Å². The van der Waals surface area contributed by atoms with E-state index in [1.165, 1.54) is 31.2 Å². The number of hydrogen-bond acceptors (Lipinski definition) is 3. The molecule has 0 fully saturated rings. The number of carbonyl (C=O) groups is 1. The summed E-state index contributed by atoms with van der Waals surface area (Å²) in [5.74, 6) is 0. The van der Waals surface area contributed by atoms with Gasteiger partial charge in [0.1, 0.15) is 0 Å². The summed E-state index contributed by atoms with van der Waals surface area (Å²) in [6.45, 7) is 1.51. The number of ether oxygens (including phenoxy) is 1. The summed E-state index contributed by atoms with van der Waals surface area (Å²) in [5.41, 5.74) is 2.79. The molecule has 3 nitrogen and oxygen atoms in total. The van der Waals surface area contributed by atoms with Gasteiger partial charge in [0, 0.05) is 12.2 Å². The molecule has 1 aromatic rings. The van der Waals surface area contributed by atoms with Crippen molar-refractivity contribution in [2.75, 3.05) is 19.0 Å². The molecule has 14 heavy (non-hydrogen) atoms. The van der Waals surface area contributed by atoms with Crippen molar-refractivity contribution in [2.45, 2.75) is 12.8 Å². The molecule has 0 amide bonds. The Morgan fingerprint density at radius 2 is 2.14 bits per heavy atom.